The van der Waals surface area contributed by atoms with Crippen molar-refractivity contribution in [1.82, 2.24) is 5.32 Å². The molecule has 2 N–H and O–H groups in total. The number of fused-ring (bicyclic) bond motifs is 1. The van der Waals surface area contributed by atoms with Gasteiger partial charge < -0.3 is 15.5 Å². The molecule has 0 bridgehead atoms. The van der Waals surface area contributed by atoms with E-state index in [1.165, 1.54) is 35.3 Å². The fraction of sp³-hybridized carbons (Fsp3) is 0.429. The highest BCUT2D eigenvalue weighted by Crippen LogP contribution is 2.30. The number of nitrogens with zero attached hydrogens (tertiary/aromatic N) is 1. The summed E-state index contributed by atoms with van der Waals surface area (Å²) in [6.45, 7) is 4.45. The molecular formula is C21H27N3. The van der Waals surface area contributed by atoms with Crippen LogP contribution in [-0.4, -0.2) is 32.2 Å². The molecule has 0 unspecified atom stereocenters. The zero-order valence-corrected chi connectivity index (χ0v) is 14.3. The van der Waals surface area contributed by atoms with Gasteiger partial charge in [-0.15, -0.1) is 0 Å². The number of anilines is 2. The highest BCUT2D eigenvalue weighted by Gasteiger charge is 2.22. The van der Waals surface area contributed by atoms with Crippen LogP contribution in [0.3, 0.4) is 0 Å². The Hall–Kier alpha value is -2.00. The summed E-state index contributed by atoms with van der Waals surface area (Å²) in [5.74, 6) is 0. The van der Waals surface area contributed by atoms with Crippen LogP contribution in [0.25, 0.3) is 0 Å². The van der Waals surface area contributed by atoms with Crippen molar-refractivity contribution in [2.75, 3.05) is 36.4 Å². The first kappa shape index (κ1) is 15.5. The van der Waals surface area contributed by atoms with Crippen molar-refractivity contribution >= 4 is 11.4 Å². The molecule has 24 heavy (non-hydrogen) atoms. The molecule has 0 atom stereocenters. The van der Waals surface area contributed by atoms with E-state index in [1.54, 1.807) is 0 Å². The van der Waals surface area contributed by atoms with E-state index >= 15 is 0 Å². The van der Waals surface area contributed by atoms with Gasteiger partial charge in [-0.1, -0.05) is 30.3 Å². The number of nitrogens with one attached hydrogen (secondary N) is 2. The van der Waals surface area contributed by atoms with E-state index in [-0.39, 0.29) is 0 Å². The SMILES string of the molecule is c1ccc(CCN(c2ccc3c(c2)CCN3)C2CCNCC2)cc1. The summed E-state index contributed by atoms with van der Waals surface area (Å²) in [6, 6.07) is 18.5. The summed E-state index contributed by atoms with van der Waals surface area (Å²) >= 11 is 0. The van der Waals surface area contributed by atoms with Gasteiger partial charge in [0.2, 0.25) is 0 Å². The summed E-state index contributed by atoms with van der Waals surface area (Å²) < 4.78 is 0. The summed E-state index contributed by atoms with van der Waals surface area (Å²) in [4.78, 5) is 2.66. The lowest BCUT2D eigenvalue weighted by atomic mass is 10.0. The average Bonchev–Trinajstić information content (AvgIpc) is 3.12. The second-order valence-corrected chi connectivity index (χ2v) is 6.93. The zero-order chi connectivity index (χ0) is 16.2. The van der Waals surface area contributed by atoms with Crippen LogP contribution in [0.5, 0.6) is 0 Å². The molecule has 1 saturated heterocycles. The number of rotatable bonds is 5. The number of hydrogen-bond acceptors (Lipinski definition) is 3. The van der Waals surface area contributed by atoms with Crippen molar-refractivity contribution in [1.29, 1.82) is 0 Å². The van der Waals surface area contributed by atoms with Gasteiger partial charge in [-0.25, -0.2) is 0 Å². The van der Waals surface area contributed by atoms with Gasteiger partial charge in [0, 0.05) is 30.5 Å². The maximum Gasteiger partial charge on any atom is 0.0375 e. The van der Waals surface area contributed by atoms with Crippen molar-refractivity contribution in [2.45, 2.75) is 31.7 Å². The molecule has 1 fully saturated rings. The van der Waals surface area contributed by atoms with E-state index in [1.807, 2.05) is 0 Å². The second kappa shape index (κ2) is 7.27. The van der Waals surface area contributed by atoms with Gasteiger partial charge >= 0.3 is 0 Å². The van der Waals surface area contributed by atoms with Crippen LogP contribution in [0.15, 0.2) is 48.5 Å². The van der Waals surface area contributed by atoms with E-state index in [4.69, 9.17) is 0 Å². The van der Waals surface area contributed by atoms with E-state index in [0.717, 1.165) is 39.0 Å². The maximum atomic E-state index is 3.50. The Morgan fingerprint density at radius 1 is 0.958 bits per heavy atom. The third-order valence-corrected chi connectivity index (χ3v) is 5.36. The fourth-order valence-corrected chi connectivity index (χ4v) is 4.00. The molecule has 0 aliphatic carbocycles. The van der Waals surface area contributed by atoms with Crippen LogP contribution in [0.1, 0.15) is 24.0 Å². The topological polar surface area (TPSA) is 27.3 Å². The minimum atomic E-state index is 0.655. The Labute approximate surface area is 145 Å². The van der Waals surface area contributed by atoms with E-state index in [2.05, 4.69) is 64.1 Å². The Bertz CT molecular complexity index is 662. The van der Waals surface area contributed by atoms with Crippen molar-refractivity contribution in [3.05, 3.63) is 59.7 Å². The molecule has 2 aromatic rings. The molecule has 0 amide bonds. The highest BCUT2D eigenvalue weighted by atomic mass is 15.2. The largest absolute Gasteiger partial charge is 0.384 e. The van der Waals surface area contributed by atoms with E-state index in [9.17, 15) is 0 Å². The predicted molar refractivity (Wildman–Crippen MR) is 102 cm³/mol. The smallest absolute Gasteiger partial charge is 0.0375 e. The van der Waals surface area contributed by atoms with Crippen LogP contribution in [0.2, 0.25) is 0 Å². The first-order chi connectivity index (χ1) is 11.9. The van der Waals surface area contributed by atoms with Crippen LogP contribution in [0, 0.1) is 0 Å². The van der Waals surface area contributed by atoms with Crippen molar-refractivity contribution < 1.29 is 0 Å². The van der Waals surface area contributed by atoms with Gasteiger partial charge in [0.15, 0.2) is 0 Å². The predicted octanol–water partition coefficient (Wildman–Crippen LogP) is 3.46. The molecule has 4 rings (SSSR count). The third-order valence-electron chi connectivity index (χ3n) is 5.36. The van der Waals surface area contributed by atoms with Crippen LogP contribution < -0.4 is 15.5 Å². The van der Waals surface area contributed by atoms with Gasteiger partial charge in [0.05, 0.1) is 0 Å². The molecule has 126 valence electrons. The van der Waals surface area contributed by atoms with Crippen molar-refractivity contribution in [3.8, 4) is 0 Å². The Kier molecular flexibility index (Phi) is 4.70. The van der Waals surface area contributed by atoms with Gasteiger partial charge in [-0.3, -0.25) is 0 Å². The quantitative estimate of drug-likeness (QED) is 0.883. The number of benzene rings is 2. The third kappa shape index (κ3) is 3.41. The minimum absolute atomic E-state index is 0.655. The lowest BCUT2D eigenvalue weighted by Crippen LogP contribution is -2.44. The normalized spacial score (nSPS) is 17.3. The summed E-state index contributed by atoms with van der Waals surface area (Å²) in [6.07, 6.45) is 4.75. The van der Waals surface area contributed by atoms with E-state index in [0.29, 0.717) is 6.04 Å². The molecule has 3 heteroatoms. The van der Waals surface area contributed by atoms with Crippen LogP contribution in [0.4, 0.5) is 11.4 Å². The molecular weight excluding hydrogens is 294 g/mol. The molecule has 0 radical (unpaired) electrons. The van der Waals surface area contributed by atoms with Gasteiger partial charge in [-0.05, 0) is 68.1 Å². The molecule has 0 spiro atoms. The molecule has 2 aliphatic rings. The summed E-state index contributed by atoms with van der Waals surface area (Å²) in [5.41, 5.74) is 5.64. The molecule has 0 saturated carbocycles. The summed E-state index contributed by atoms with van der Waals surface area (Å²) in [7, 11) is 0. The Balaban J connectivity index is 1.55. The van der Waals surface area contributed by atoms with Crippen LogP contribution in [-0.2, 0) is 12.8 Å². The first-order valence-corrected chi connectivity index (χ1v) is 9.28. The Morgan fingerprint density at radius 2 is 1.79 bits per heavy atom. The molecule has 2 aliphatic heterocycles. The molecule has 0 aromatic heterocycles. The first-order valence-electron chi connectivity index (χ1n) is 9.28. The number of piperidine rings is 1. The van der Waals surface area contributed by atoms with Gasteiger partial charge in [0.25, 0.3) is 0 Å². The highest BCUT2D eigenvalue weighted by molar-refractivity contribution is 5.63. The fourth-order valence-electron chi connectivity index (χ4n) is 4.00. The minimum Gasteiger partial charge on any atom is -0.384 e. The second-order valence-electron chi connectivity index (χ2n) is 6.93. The monoisotopic (exact) mass is 321 g/mol. The molecule has 2 heterocycles. The van der Waals surface area contributed by atoms with Crippen molar-refractivity contribution in [2.24, 2.45) is 0 Å². The Morgan fingerprint density at radius 3 is 2.62 bits per heavy atom. The maximum absolute atomic E-state index is 3.50. The molecule has 3 nitrogen and oxygen atoms in total. The van der Waals surface area contributed by atoms with Gasteiger partial charge in [0.1, 0.15) is 0 Å². The summed E-state index contributed by atoms with van der Waals surface area (Å²) in [5, 5.41) is 6.97. The standard InChI is InChI=1S/C21H27N3/c1-2-4-17(5-3-1)11-15-24(19-9-12-22-13-10-19)20-6-7-21-18(16-20)8-14-23-21/h1-7,16,19,22-23H,8-15H2. The lowest BCUT2D eigenvalue weighted by Gasteiger charge is -2.37. The molecule has 2 aromatic carbocycles. The van der Waals surface area contributed by atoms with Gasteiger partial charge in [-0.2, -0.15) is 0 Å². The van der Waals surface area contributed by atoms with Crippen LogP contribution >= 0.6 is 0 Å². The average molecular weight is 321 g/mol. The zero-order valence-electron chi connectivity index (χ0n) is 14.3. The number of hydrogen-bond donors (Lipinski definition) is 2. The van der Waals surface area contributed by atoms with Crippen molar-refractivity contribution in [3.63, 3.8) is 0 Å². The van der Waals surface area contributed by atoms with E-state index < -0.39 is 0 Å². The lowest BCUT2D eigenvalue weighted by molar-refractivity contribution is 0.430.